The van der Waals surface area contributed by atoms with Crippen LogP contribution in [0, 0.1) is 6.92 Å². The van der Waals surface area contributed by atoms with Gasteiger partial charge in [0.05, 0.1) is 6.54 Å². The third kappa shape index (κ3) is 4.66. The highest BCUT2D eigenvalue weighted by molar-refractivity contribution is 6.35. The van der Waals surface area contributed by atoms with Crippen LogP contribution >= 0.6 is 46.4 Å². The fraction of sp³-hybridized carbons (Fsp3) is 0.158. The number of hydrogen-bond donors (Lipinski definition) is 1. The predicted molar refractivity (Wildman–Crippen MR) is 118 cm³/mol. The summed E-state index contributed by atoms with van der Waals surface area (Å²) in [6.07, 6.45) is 1.50. The molecular weight excluding hydrogens is 508 g/mol. The lowest BCUT2D eigenvalue weighted by atomic mass is 10.2. The van der Waals surface area contributed by atoms with Crippen LogP contribution in [0.3, 0.4) is 0 Å². The van der Waals surface area contributed by atoms with E-state index in [0.29, 0.717) is 15.7 Å². The lowest BCUT2D eigenvalue weighted by Crippen LogP contribution is -2.16. The molecule has 0 bridgehead atoms. The molecule has 0 aliphatic heterocycles. The van der Waals surface area contributed by atoms with E-state index in [2.05, 4.69) is 20.5 Å². The molecule has 0 atom stereocenters. The van der Waals surface area contributed by atoms with E-state index in [1.807, 2.05) is 0 Å². The number of anilines is 1. The Bertz CT molecular complexity index is 1350. The molecule has 7 nitrogen and oxygen atoms in total. The van der Waals surface area contributed by atoms with E-state index in [4.69, 9.17) is 46.4 Å². The summed E-state index contributed by atoms with van der Waals surface area (Å²) in [5.41, 5.74) is 0.297. The zero-order chi connectivity index (χ0) is 23.2. The average molecular weight is 520 g/mol. The van der Waals surface area contributed by atoms with E-state index in [1.54, 1.807) is 18.2 Å². The summed E-state index contributed by atoms with van der Waals surface area (Å²) >= 11 is 23.4. The molecule has 0 saturated carbocycles. The largest absolute Gasteiger partial charge is 0.364 e. The molecule has 1 N–H and O–H groups in total. The molecule has 0 aliphatic carbocycles. The van der Waals surface area contributed by atoms with Crippen LogP contribution < -0.4 is 5.32 Å². The maximum Gasteiger partial charge on any atom is 0.364 e. The highest BCUT2D eigenvalue weighted by Crippen LogP contribution is 2.33. The van der Waals surface area contributed by atoms with Crippen molar-refractivity contribution in [2.75, 3.05) is 5.32 Å². The Labute approximate surface area is 199 Å². The summed E-state index contributed by atoms with van der Waals surface area (Å²) in [5, 5.41) is 8.06. The van der Waals surface area contributed by atoms with Gasteiger partial charge in [0, 0.05) is 28.0 Å². The predicted octanol–water partition coefficient (Wildman–Crippen LogP) is 5.78. The Morgan fingerprint density at radius 2 is 1.88 bits per heavy atom. The zero-order valence-corrected chi connectivity index (χ0v) is 19.1. The Hall–Kier alpha value is -2.46. The second-order valence-electron chi connectivity index (χ2n) is 6.79. The van der Waals surface area contributed by atoms with Crippen LogP contribution in [-0.4, -0.2) is 30.3 Å². The zero-order valence-electron chi connectivity index (χ0n) is 16.1. The smallest absolute Gasteiger partial charge is 0.302 e. The number of aromatic nitrogens is 5. The monoisotopic (exact) mass is 518 g/mol. The van der Waals surface area contributed by atoms with Gasteiger partial charge in [-0.15, -0.1) is 0 Å². The first-order valence-corrected chi connectivity index (χ1v) is 10.5. The molecular formula is C19H12Cl4F2N6O. The Kier molecular flexibility index (Phi) is 6.02. The van der Waals surface area contributed by atoms with Gasteiger partial charge < -0.3 is 5.32 Å². The summed E-state index contributed by atoms with van der Waals surface area (Å²) in [5.74, 6) is -0.653. The minimum absolute atomic E-state index is 0.0412. The fourth-order valence-electron chi connectivity index (χ4n) is 2.97. The van der Waals surface area contributed by atoms with Crippen LogP contribution in [0.5, 0.6) is 0 Å². The van der Waals surface area contributed by atoms with Crippen LogP contribution in [0.2, 0.25) is 15.1 Å². The third-order valence-corrected chi connectivity index (χ3v) is 5.43. The summed E-state index contributed by atoms with van der Waals surface area (Å²) in [4.78, 5) is 16.8. The number of fused-ring (bicyclic) bond motifs is 1. The molecule has 0 saturated heterocycles. The number of benzene rings is 1. The molecule has 32 heavy (non-hydrogen) atoms. The van der Waals surface area contributed by atoms with Gasteiger partial charge in [-0.2, -0.15) is 19.0 Å². The molecule has 1 aromatic carbocycles. The van der Waals surface area contributed by atoms with E-state index in [-0.39, 0.29) is 28.7 Å². The van der Waals surface area contributed by atoms with Gasteiger partial charge in [-0.1, -0.05) is 40.9 Å². The van der Waals surface area contributed by atoms with Crippen molar-refractivity contribution >= 4 is 63.8 Å². The fourth-order valence-corrected chi connectivity index (χ4v) is 3.77. The van der Waals surface area contributed by atoms with Crippen LogP contribution in [-0.2, 0) is 11.9 Å². The van der Waals surface area contributed by atoms with Gasteiger partial charge in [0.15, 0.2) is 17.2 Å². The highest BCUT2D eigenvalue weighted by Gasteiger charge is 2.32. The molecule has 0 fully saturated rings. The number of halogens is 6. The Balaban J connectivity index is 1.59. The number of carbonyl (C=O) groups is 1. The van der Waals surface area contributed by atoms with Crippen LogP contribution in [0.15, 0.2) is 36.5 Å². The van der Waals surface area contributed by atoms with E-state index < -0.39 is 17.0 Å². The van der Waals surface area contributed by atoms with Crippen molar-refractivity contribution in [3.8, 4) is 0 Å². The molecule has 4 aromatic rings. The Morgan fingerprint density at radius 1 is 1.12 bits per heavy atom. The lowest BCUT2D eigenvalue weighted by Gasteiger charge is -2.10. The van der Waals surface area contributed by atoms with Crippen LogP contribution in [0.1, 0.15) is 27.4 Å². The van der Waals surface area contributed by atoms with Crippen LogP contribution in [0.25, 0.3) is 5.65 Å². The number of nitrogens with one attached hydrogen (secondary N) is 1. The minimum Gasteiger partial charge on any atom is -0.302 e. The van der Waals surface area contributed by atoms with Crippen molar-refractivity contribution in [3.05, 3.63) is 74.2 Å². The van der Waals surface area contributed by atoms with E-state index in [9.17, 15) is 13.6 Å². The standard InChI is InChI=1S/C19H12Cl4F2N6O/c1-9-4-15(19(23,24)25)31-16(26-9)6-14(28-31)18(32)27-17-13(22)8-30(29-17)7-10-2-3-11(20)5-12(10)21/h2-6,8H,7H2,1H3,(H,27,29,32). The van der Waals surface area contributed by atoms with E-state index in [1.165, 1.54) is 23.9 Å². The Morgan fingerprint density at radius 3 is 2.56 bits per heavy atom. The molecule has 166 valence electrons. The van der Waals surface area contributed by atoms with Gasteiger partial charge in [0.2, 0.25) is 0 Å². The molecule has 0 radical (unpaired) electrons. The average Bonchev–Trinajstić information content (AvgIpc) is 3.26. The number of amides is 1. The van der Waals surface area contributed by atoms with E-state index >= 15 is 0 Å². The number of carbonyl (C=O) groups excluding carboxylic acids is 1. The number of aryl methyl sites for hydroxylation is 1. The third-order valence-electron chi connectivity index (χ3n) is 4.37. The van der Waals surface area contributed by atoms with Crippen molar-refractivity contribution < 1.29 is 13.6 Å². The summed E-state index contributed by atoms with van der Waals surface area (Å²) in [7, 11) is 0. The summed E-state index contributed by atoms with van der Waals surface area (Å²) < 4.78 is 29.8. The molecule has 0 aliphatic rings. The van der Waals surface area contributed by atoms with Gasteiger partial charge in [-0.25, -0.2) is 9.50 Å². The SMILES string of the molecule is Cc1cc(C(F)(F)Cl)n2nc(C(=O)Nc3nn(Cc4ccc(Cl)cc4Cl)cc3Cl)cc2n1. The molecule has 3 aromatic heterocycles. The topological polar surface area (TPSA) is 77.1 Å². The van der Waals surface area contributed by atoms with Crippen molar-refractivity contribution in [1.82, 2.24) is 24.4 Å². The van der Waals surface area contributed by atoms with Crippen molar-refractivity contribution in [3.63, 3.8) is 0 Å². The normalized spacial score (nSPS) is 11.8. The number of nitrogens with zero attached hydrogens (tertiary/aromatic N) is 5. The van der Waals surface area contributed by atoms with Crippen molar-refractivity contribution in [1.29, 1.82) is 0 Å². The molecule has 0 spiro atoms. The summed E-state index contributed by atoms with van der Waals surface area (Å²) in [6, 6.07) is 7.38. The quantitative estimate of drug-likeness (QED) is 0.339. The minimum atomic E-state index is -3.70. The summed E-state index contributed by atoms with van der Waals surface area (Å²) in [6.45, 7) is 1.80. The first-order valence-electron chi connectivity index (χ1n) is 8.94. The molecule has 1 amide bonds. The van der Waals surface area contributed by atoms with Gasteiger partial charge in [-0.3, -0.25) is 9.48 Å². The second kappa shape index (κ2) is 8.47. The molecule has 0 unspecified atom stereocenters. The van der Waals surface area contributed by atoms with Gasteiger partial charge in [-0.05, 0) is 42.3 Å². The molecule has 13 heteroatoms. The van der Waals surface area contributed by atoms with Gasteiger partial charge in [0.25, 0.3) is 5.91 Å². The second-order valence-corrected chi connectivity index (χ2v) is 8.52. The van der Waals surface area contributed by atoms with Crippen LogP contribution in [0.4, 0.5) is 14.6 Å². The maximum atomic E-state index is 13.7. The lowest BCUT2D eigenvalue weighted by molar-refractivity contribution is 0.0868. The first-order chi connectivity index (χ1) is 15.0. The van der Waals surface area contributed by atoms with Crippen molar-refractivity contribution in [2.24, 2.45) is 0 Å². The van der Waals surface area contributed by atoms with E-state index in [0.717, 1.165) is 16.1 Å². The van der Waals surface area contributed by atoms with Gasteiger partial charge >= 0.3 is 5.38 Å². The molecule has 4 rings (SSSR count). The number of alkyl halides is 3. The highest BCUT2D eigenvalue weighted by atomic mass is 35.5. The number of rotatable bonds is 5. The maximum absolute atomic E-state index is 13.7. The number of hydrogen-bond acceptors (Lipinski definition) is 4. The molecule has 3 heterocycles. The van der Waals surface area contributed by atoms with Crippen molar-refractivity contribution in [2.45, 2.75) is 18.9 Å². The first kappa shape index (κ1) is 22.7. The van der Waals surface area contributed by atoms with Gasteiger partial charge in [0.1, 0.15) is 10.7 Å².